The minimum atomic E-state index is -0.611. The number of ether oxygens (including phenoxy) is 1. The molecule has 1 atom stereocenters. The highest BCUT2D eigenvalue weighted by Gasteiger charge is 2.26. The molecule has 1 aliphatic heterocycles. The highest BCUT2D eigenvalue weighted by atomic mass is 16.5. The lowest BCUT2D eigenvalue weighted by molar-refractivity contribution is -0.126. The molecule has 2 amide bonds. The number of aromatic nitrogens is 2. The molecule has 0 aliphatic carbocycles. The van der Waals surface area contributed by atoms with Gasteiger partial charge in [-0.1, -0.05) is 0 Å². The Kier molecular flexibility index (Phi) is 5.98. The average molecular weight is 357 g/mol. The van der Waals surface area contributed by atoms with Crippen LogP contribution in [0.25, 0.3) is 5.69 Å². The van der Waals surface area contributed by atoms with Gasteiger partial charge in [0.05, 0.1) is 18.3 Å². The molecule has 0 bridgehead atoms. The van der Waals surface area contributed by atoms with E-state index in [1.165, 1.54) is 0 Å². The van der Waals surface area contributed by atoms with Gasteiger partial charge < -0.3 is 21.1 Å². The van der Waals surface area contributed by atoms with Crippen molar-refractivity contribution in [2.24, 2.45) is 11.7 Å². The van der Waals surface area contributed by atoms with Crippen LogP contribution in [0.2, 0.25) is 0 Å². The fourth-order valence-electron chi connectivity index (χ4n) is 2.90. The van der Waals surface area contributed by atoms with Crippen molar-refractivity contribution in [2.45, 2.75) is 18.9 Å². The van der Waals surface area contributed by atoms with E-state index in [1.807, 2.05) is 24.4 Å². The van der Waals surface area contributed by atoms with Crippen LogP contribution in [0.5, 0.6) is 0 Å². The molecule has 0 spiro atoms. The number of hydrogen-bond donors (Lipinski definition) is 3. The van der Waals surface area contributed by atoms with E-state index in [-0.39, 0.29) is 24.3 Å². The number of hydrogen-bond acceptors (Lipinski definition) is 5. The van der Waals surface area contributed by atoms with Gasteiger partial charge >= 0.3 is 0 Å². The molecule has 0 radical (unpaired) electrons. The Morgan fingerprint density at radius 1 is 1.27 bits per heavy atom. The maximum atomic E-state index is 12.1. The first-order chi connectivity index (χ1) is 12.6. The van der Waals surface area contributed by atoms with Crippen LogP contribution in [0.4, 0.5) is 5.69 Å². The van der Waals surface area contributed by atoms with Crippen LogP contribution < -0.4 is 16.4 Å². The minimum Gasteiger partial charge on any atom is -0.381 e. The molecule has 1 saturated heterocycles. The molecule has 1 aliphatic rings. The van der Waals surface area contributed by atoms with Crippen molar-refractivity contribution in [1.82, 2.24) is 15.1 Å². The molecule has 2 aromatic rings. The number of nitrogens with zero attached hydrogens (tertiary/aromatic N) is 2. The van der Waals surface area contributed by atoms with Crippen molar-refractivity contribution in [3.05, 3.63) is 42.7 Å². The fraction of sp³-hybridized carbons (Fsp3) is 0.389. The molecule has 3 rings (SSSR count). The normalized spacial score (nSPS) is 16.0. The van der Waals surface area contributed by atoms with E-state index in [9.17, 15) is 9.59 Å². The van der Waals surface area contributed by atoms with Crippen LogP contribution >= 0.6 is 0 Å². The number of carbonyl (C=O) groups is 2. The molecule has 0 saturated carbocycles. The van der Waals surface area contributed by atoms with Crippen molar-refractivity contribution < 1.29 is 14.3 Å². The van der Waals surface area contributed by atoms with Crippen molar-refractivity contribution in [3.63, 3.8) is 0 Å². The topological polar surface area (TPSA) is 111 Å². The van der Waals surface area contributed by atoms with E-state index < -0.39 is 6.04 Å². The molecular formula is C18H23N5O3. The standard InChI is InChI=1S/C18H23N5O3/c19-17(13-6-10-26-11-7-13)18(25)20-12-16(24)22-14-2-4-15(5-3-14)23-9-1-8-21-23/h1-5,8-9,13,17H,6-7,10-12,19H2,(H,20,25)(H,22,24). The molecule has 1 unspecified atom stereocenters. The third kappa shape index (κ3) is 4.68. The van der Waals surface area contributed by atoms with E-state index in [0.717, 1.165) is 18.5 Å². The molecule has 8 nitrogen and oxygen atoms in total. The summed E-state index contributed by atoms with van der Waals surface area (Å²) in [5.74, 6) is -0.507. The Bertz CT molecular complexity index is 724. The van der Waals surface area contributed by atoms with Gasteiger partial charge in [-0.15, -0.1) is 0 Å². The van der Waals surface area contributed by atoms with E-state index in [1.54, 1.807) is 23.0 Å². The van der Waals surface area contributed by atoms with Crippen molar-refractivity contribution in [2.75, 3.05) is 25.1 Å². The Labute approximate surface area is 151 Å². The molecule has 26 heavy (non-hydrogen) atoms. The van der Waals surface area contributed by atoms with E-state index >= 15 is 0 Å². The average Bonchev–Trinajstić information content (AvgIpc) is 3.21. The largest absolute Gasteiger partial charge is 0.381 e. The number of nitrogens with two attached hydrogens (primary N) is 1. The number of amides is 2. The number of benzene rings is 1. The summed E-state index contributed by atoms with van der Waals surface area (Å²) in [6.07, 6.45) is 5.07. The summed E-state index contributed by atoms with van der Waals surface area (Å²) in [6, 6.07) is 8.49. The van der Waals surface area contributed by atoms with Gasteiger partial charge in [0.15, 0.2) is 0 Å². The Morgan fingerprint density at radius 2 is 2.00 bits per heavy atom. The summed E-state index contributed by atoms with van der Waals surface area (Å²) in [5.41, 5.74) is 7.53. The van der Waals surface area contributed by atoms with Gasteiger partial charge in [0, 0.05) is 31.3 Å². The van der Waals surface area contributed by atoms with E-state index in [2.05, 4.69) is 15.7 Å². The summed E-state index contributed by atoms with van der Waals surface area (Å²) < 4.78 is 7.00. The first-order valence-corrected chi connectivity index (χ1v) is 8.64. The van der Waals surface area contributed by atoms with Crippen molar-refractivity contribution in [1.29, 1.82) is 0 Å². The number of rotatable bonds is 6. The van der Waals surface area contributed by atoms with Crippen LogP contribution in [0.15, 0.2) is 42.7 Å². The lowest BCUT2D eigenvalue weighted by Crippen LogP contribution is -2.48. The fourth-order valence-corrected chi connectivity index (χ4v) is 2.90. The quantitative estimate of drug-likeness (QED) is 0.704. The molecule has 2 heterocycles. The van der Waals surface area contributed by atoms with Gasteiger partial charge in [0.1, 0.15) is 0 Å². The smallest absolute Gasteiger partial charge is 0.243 e. The van der Waals surface area contributed by atoms with Crippen LogP contribution in [-0.2, 0) is 14.3 Å². The van der Waals surface area contributed by atoms with Crippen molar-refractivity contribution >= 4 is 17.5 Å². The number of carbonyl (C=O) groups excluding carboxylic acids is 2. The first kappa shape index (κ1) is 18.1. The summed E-state index contributed by atoms with van der Waals surface area (Å²) in [5, 5.41) is 9.49. The second kappa shape index (κ2) is 8.59. The molecule has 4 N–H and O–H groups in total. The monoisotopic (exact) mass is 357 g/mol. The molecule has 1 aromatic heterocycles. The SMILES string of the molecule is NC(C(=O)NCC(=O)Nc1ccc(-n2cccn2)cc1)C1CCOCC1. The zero-order valence-electron chi connectivity index (χ0n) is 14.4. The Balaban J connectivity index is 1.45. The van der Waals surface area contributed by atoms with Crippen LogP contribution in [0, 0.1) is 5.92 Å². The zero-order chi connectivity index (χ0) is 18.4. The number of nitrogens with one attached hydrogen (secondary N) is 2. The third-order valence-electron chi connectivity index (χ3n) is 4.42. The highest BCUT2D eigenvalue weighted by Crippen LogP contribution is 2.17. The predicted molar refractivity (Wildman–Crippen MR) is 96.7 cm³/mol. The zero-order valence-corrected chi connectivity index (χ0v) is 14.4. The summed E-state index contributed by atoms with van der Waals surface area (Å²) >= 11 is 0. The second-order valence-electron chi connectivity index (χ2n) is 6.24. The van der Waals surface area contributed by atoms with Gasteiger partial charge in [-0.25, -0.2) is 4.68 Å². The van der Waals surface area contributed by atoms with Crippen molar-refractivity contribution in [3.8, 4) is 5.69 Å². The third-order valence-corrected chi connectivity index (χ3v) is 4.42. The van der Waals surface area contributed by atoms with E-state index in [0.29, 0.717) is 18.9 Å². The molecule has 1 aromatic carbocycles. The predicted octanol–water partition coefficient (Wildman–Crippen LogP) is 0.681. The molecule has 1 fully saturated rings. The van der Waals surface area contributed by atoms with E-state index in [4.69, 9.17) is 10.5 Å². The van der Waals surface area contributed by atoms with Gasteiger partial charge in [0.25, 0.3) is 0 Å². The minimum absolute atomic E-state index is 0.0988. The van der Waals surface area contributed by atoms with Gasteiger partial charge in [0.2, 0.25) is 11.8 Å². The number of anilines is 1. The summed E-state index contributed by atoms with van der Waals surface area (Å²) in [6.45, 7) is 1.14. The van der Waals surface area contributed by atoms with Gasteiger partial charge in [-0.3, -0.25) is 9.59 Å². The Morgan fingerprint density at radius 3 is 2.65 bits per heavy atom. The van der Waals surface area contributed by atoms with Gasteiger partial charge in [-0.2, -0.15) is 5.10 Å². The lowest BCUT2D eigenvalue weighted by Gasteiger charge is -2.26. The second-order valence-corrected chi connectivity index (χ2v) is 6.24. The highest BCUT2D eigenvalue weighted by molar-refractivity contribution is 5.95. The maximum Gasteiger partial charge on any atom is 0.243 e. The molecule has 8 heteroatoms. The van der Waals surface area contributed by atoms with Crippen LogP contribution in [-0.4, -0.2) is 47.4 Å². The first-order valence-electron chi connectivity index (χ1n) is 8.64. The Hall–Kier alpha value is -2.71. The van der Waals surface area contributed by atoms with Crippen LogP contribution in [0.3, 0.4) is 0 Å². The molecule has 138 valence electrons. The summed E-state index contributed by atoms with van der Waals surface area (Å²) in [7, 11) is 0. The maximum absolute atomic E-state index is 12.1. The lowest BCUT2D eigenvalue weighted by atomic mass is 9.92. The summed E-state index contributed by atoms with van der Waals surface area (Å²) in [4.78, 5) is 24.1. The van der Waals surface area contributed by atoms with Crippen LogP contribution in [0.1, 0.15) is 12.8 Å². The van der Waals surface area contributed by atoms with Gasteiger partial charge in [-0.05, 0) is 49.1 Å². The molecular weight excluding hydrogens is 334 g/mol.